The number of nitrogens with zero attached hydrogens (tertiary/aromatic N) is 1. The Morgan fingerprint density at radius 3 is 2.18 bits per heavy atom. The lowest BCUT2D eigenvalue weighted by molar-refractivity contribution is -0.115. The van der Waals surface area contributed by atoms with Crippen molar-refractivity contribution in [3.63, 3.8) is 0 Å². The molecule has 0 aliphatic carbocycles. The zero-order valence-corrected chi connectivity index (χ0v) is 16.2. The van der Waals surface area contributed by atoms with E-state index in [1.807, 2.05) is 0 Å². The molecule has 8 nitrogen and oxygen atoms in total. The molecule has 0 saturated carbocycles. The maximum atomic E-state index is 12.3. The van der Waals surface area contributed by atoms with Crippen molar-refractivity contribution in [1.29, 1.82) is 0 Å². The summed E-state index contributed by atoms with van der Waals surface area (Å²) in [6, 6.07) is 11.8. The Morgan fingerprint density at radius 1 is 0.929 bits per heavy atom. The Bertz CT molecular complexity index is 863. The molecule has 2 N–H and O–H groups in total. The first kappa shape index (κ1) is 20.8. The molecule has 0 saturated heterocycles. The molecular weight excluding hydrogens is 362 g/mol. The van der Waals surface area contributed by atoms with E-state index in [1.165, 1.54) is 14.2 Å². The summed E-state index contributed by atoms with van der Waals surface area (Å²) in [6.45, 7) is 1.65. The van der Waals surface area contributed by atoms with Gasteiger partial charge in [0.2, 0.25) is 5.91 Å². The molecule has 0 fully saturated rings. The number of methoxy groups -OCH3 is 3. The van der Waals surface area contributed by atoms with E-state index < -0.39 is 5.91 Å². The first-order chi connectivity index (χ1) is 13.5. The minimum absolute atomic E-state index is 0.0338. The van der Waals surface area contributed by atoms with E-state index in [4.69, 9.17) is 14.2 Å². The van der Waals surface area contributed by atoms with Gasteiger partial charge in [-0.2, -0.15) is 5.10 Å². The molecule has 0 aliphatic rings. The van der Waals surface area contributed by atoms with Gasteiger partial charge in [-0.05, 0) is 43.3 Å². The summed E-state index contributed by atoms with van der Waals surface area (Å²) in [5.74, 6) is 0.940. The molecule has 8 heteroatoms. The number of anilines is 1. The predicted octanol–water partition coefficient (Wildman–Crippen LogP) is 2.85. The van der Waals surface area contributed by atoms with Crippen molar-refractivity contribution in [2.24, 2.45) is 5.10 Å². The topological polar surface area (TPSA) is 98.2 Å². The van der Waals surface area contributed by atoms with Gasteiger partial charge in [-0.1, -0.05) is 0 Å². The number of carbonyl (C=O) groups excluding carboxylic acids is 2. The first-order valence-corrected chi connectivity index (χ1v) is 8.46. The van der Waals surface area contributed by atoms with Crippen LogP contribution >= 0.6 is 0 Å². The molecule has 0 heterocycles. The Hall–Kier alpha value is -3.55. The monoisotopic (exact) mass is 385 g/mol. The number of rotatable bonds is 8. The van der Waals surface area contributed by atoms with Crippen molar-refractivity contribution in [2.75, 3.05) is 26.6 Å². The highest BCUT2D eigenvalue weighted by Gasteiger charge is 2.13. The highest BCUT2D eigenvalue weighted by atomic mass is 16.5. The molecule has 0 radical (unpaired) electrons. The van der Waals surface area contributed by atoms with Crippen molar-refractivity contribution in [1.82, 2.24) is 5.43 Å². The largest absolute Gasteiger partial charge is 0.497 e. The van der Waals surface area contributed by atoms with E-state index in [-0.39, 0.29) is 12.3 Å². The van der Waals surface area contributed by atoms with Crippen molar-refractivity contribution in [2.45, 2.75) is 13.3 Å². The molecule has 0 spiro atoms. The first-order valence-electron chi connectivity index (χ1n) is 8.46. The number of hydrogen-bond acceptors (Lipinski definition) is 6. The summed E-state index contributed by atoms with van der Waals surface area (Å²) in [6.07, 6.45) is 0.0338. The number of hydrazone groups is 1. The fourth-order valence-corrected chi connectivity index (χ4v) is 2.34. The van der Waals surface area contributed by atoms with Crippen LogP contribution in [0.4, 0.5) is 5.69 Å². The van der Waals surface area contributed by atoms with Gasteiger partial charge in [0.05, 0.1) is 33.3 Å². The van der Waals surface area contributed by atoms with Crippen molar-refractivity contribution in [3.05, 3.63) is 48.0 Å². The Labute approximate surface area is 163 Å². The van der Waals surface area contributed by atoms with Gasteiger partial charge in [-0.25, -0.2) is 5.43 Å². The fraction of sp³-hybridized carbons (Fsp3) is 0.250. The van der Waals surface area contributed by atoms with Gasteiger partial charge in [0, 0.05) is 17.5 Å². The van der Waals surface area contributed by atoms with Crippen LogP contribution < -0.4 is 25.0 Å². The molecular formula is C20H23N3O5. The number of carbonyl (C=O) groups is 2. The lowest BCUT2D eigenvalue weighted by atomic mass is 10.2. The molecule has 2 aromatic rings. The average Bonchev–Trinajstić information content (AvgIpc) is 2.71. The summed E-state index contributed by atoms with van der Waals surface area (Å²) < 4.78 is 15.4. The van der Waals surface area contributed by atoms with Crippen LogP contribution in [0.5, 0.6) is 17.2 Å². The molecule has 0 bridgehead atoms. The molecule has 148 valence electrons. The van der Waals surface area contributed by atoms with Crippen molar-refractivity contribution < 1.29 is 23.8 Å². The average molecular weight is 385 g/mol. The Morgan fingerprint density at radius 2 is 1.57 bits per heavy atom. The standard InChI is InChI=1S/C20H23N3O5/c1-13(11-19(24)21-14-5-7-15(26-2)8-6-14)22-23-20(25)17-10-9-16(27-3)12-18(17)28-4/h5-10,12H,11H2,1-4H3,(H,21,24)(H,23,25). The quantitative estimate of drug-likeness (QED) is 0.538. The lowest BCUT2D eigenvalue weighted by Gasteiger charge is -2.09. The molecule has 2 amide bonds. The van der Waals surface area contributed by atoms with Crippen LogP contribution in [0.3, 0.4) is 0 Å². The van der Waals surface area contributed by atoms with E-state index in [2.05, 4.69) is 15.8 Å². The van der Waals surface area contributed by atoms with Crippen LogP contribution in [0.25, 0.3) is 0 Å². The van der Waals surface area contributed by atoms with Crippen LogP contribution in [-0.2, 0) is 4.79 Å². The van der Waals surface area contributed by atoms with Crippen LogP contribution in [0.1, 0.15) is 23.7 Å². The fourth-order valence-electron chi connectivity index (χ4n) is 2.34. The summed E-state index contributed by atoms with van der Waals surface area (Å²) in [5.41, 5.74) is 3.83. The minimum Gasteiger partial charge on any atom is -0.497 e. The van der Waals surface area contributed by atoms with Crippen LogP contribution in [0, 0.1) is 0 Å². The van der Waals surface area contributed by atoms with Crippen LogP contribution in [-0.4, -0.2) is 38.9 Å². The molecule has 2 rings (SSSR count). The van der Waals surface area contributed by atoms with Gasteiger partial charge in [0.1, 0.15) is 17.2 Å². The third-order valence-electron chi connectivity index (χ3n) is 3.79. The molecule has 0 atom stereocenters. The summed E-state index contributed by atoms with van der Waals surface area (Å²) >= 11 is 0. The van der Waals surface area contributed by atoms with Crippen molar-refractivity contribution >= 4 is 23.2 Å². The number of benzene rings is 2. The van der Waals surface area contributed by atoms with Crippen LogP contribution in [0.2, 0.25) is 0 Å². The molecule has 28 heavy (non-hydrogen) atoms. The zero-order chi connectivity index (χ0) is 20.5. The Kier molecular flexibility index (Phi) is 7.38. The number of nitrogens with one attached hydrogen (secondary N) is 2. The highest BCUT2D eigenvalue weighted by Crippen LogP contribution is 2.24. The molecule has 0 unspecified atom stereocenters. The van der Waals surface area contributed by atoms with E-state index in [9.17, 15) is 9.59 Å². The second kappa shape index (κ2) is 9.96. The predicted molar refractivity (Wildman–Crippen MR) is 106 cm³/mol. The third kappa shape index (κ3) is 5.73. The van der Waals surface area contributed by atoms with Crippen LogP contribution in [0.15, 0.2) is 47.6 Å². The second-order valence-electron chi connectivity index (χ2n) is 5.81. The van der Waals surface area contributed by atoms with Gasteiger partial charge >= 0.3 is 0 Å². The van der Waals surface area contributed by atoms with Gasteiger partial charge in [0.25, 0.3) is 5.91 Å². The third-order valence-corrected chi connectivity index (χ3v) is 3.79. The van der Waals surface area contributed by atoms with Crippen molar-refractivity contribution in [3.8, 4) is 17.2 Å². The number of amides is 2. The summed E-state index contributed by atoms with van der Waals surface area (Å²) in [7, 11) is 4.56. The van der Waals surface area contributed by atoms with Gasteiger partial charge in [0.15, 0.2) is 0 Å². The molecule has 0 aromatic heterocycles. The number of hydrogen-bond donors (Lipinski definition) is 2. The summed E-state index contributed by atoms with van der Waals surface area (Å²) in [4.78, 5) is 24.4. The summed E-state index contributed by atoms with van der Waals surface area (Å²) in [5, 5.41) is 6.73. The van der Waals surface area contributed by atoms with Gasteiger partial charge in [-0.15, -0.1) is 0 Å². The van der Waals surface area contributed by atoms with E-state index in [0.717, 1.165) is 0 Å². The lowest BCUT2D eigenvalue weighted by Crippen LogP contribution is -2.22. The smallest absolute Gasteiger partial charge is 0.275 e. The molecule has 0 aliphatic heterocycles. The van der Waals surface area contributed by atoms with Gasteiger partial charge < -0.3 is 19.5 Å². The normalized spacial score (nSPS) is 10.8. The zero-order valence-electron chi connectivity index (χ0n) is 16.2. The van der Waals surface area contributed by atoms with Gasteiger partial charge in [-0.3, -0.25) is 9.59 Å². The van der Waals surface area contributed by atoms with E-state index in [1.54, 1.807) is 56.5 Å². The SMILES string of the molecule is COc1ccc(NC(=O)CC(C)=NNC(=O)c2ccc(OC)cc2OC)cc1. The highest BCUT2D eigenvalue weighted by molar-refractivity contribution is 6.06. The maximum Gasteiger partial charge on any atom is 0.275 e. The maximum absolute atomic E-state index is 12.3. The number of ether oxygens (including phenoxy) is 3. The van der Waals surface area contributed by atoms with E-state index >= 15 is 0 Å². The molecule has 2 aromatic carbocycles. The second-order valence-corrected chi connectivity index (χ2v) is 5.81. The minimum atomic E-state index is -0.450. The van der Waals surface area contributed by atoms with E-state index in [0.29, 0.717) is 34.2 Å². The Balaban J connectivity index is 1.94.